The van der Waals surface area contributed by atoms with Crippen LogP contribution >= 0.6 is 0 Å². The van der Waals surface area contributed by atoms with Crippen LogP contribution in [0.25, 0.3) is 0 Å². The highest BCUT2D eigenvalue weighted by molar-refractivity contribution is 5.75. The zero-order valence-electron chi connectivity index (χ0n) is 10.1. The van der Waals surface area contributed by atoms with Gasteiger partial charge in [-0.15, -0.1) is 0 Å². The van der Waals surface area contributed by atoms with Gasteiger partial charge in [0.15, 0.2) is 0 Å². The molecule has 1 saturated carbocycles. The second-order valence-electron chi connectivity index (χ2n) is 4.59. The molecule has 0 atom stereocenters. The highest BCUT2D eigenvalue weighted by atomic mass is 16.2. The highest BCUT2D eigenvalue weighted by Crippen LogP contribution is 2.45. The minimum Gasteiger partial charge on any atom is -0.399 e. The summed E-state index contributed by atoms with van der Waals surface area (Å²) in [6.45, 7) is 2.75. The smallest absolute Gasteiger partial charge is 0.315 e. The Morgan fingerprint density at radius 2 is 2.00 bits per heavy atom. The van der Waals surface area contributed by atoms with Gasteiger partial charge in [-0.2, -0.15) is 0 Å². The van der Waals surface area contributed by atoms with E-state index >= 15 is 0 Å². The summed E-state index contributed by atoms with van der Waals surface area (Å²) in [6.07, 6.45) is 2.94. The summed E-state index contributed by atoms with van der Waals surface area (Å²) in [6, 6.07) is 7.65. The number of carbonyl (C=O) groups excluding carboxylic acids is 1. The number of benzene rings is 1. The number of nitrogen functional groups attached to an aromatic ring is 1. The maximum absolute atomic E-state index is 11.7. The molecule has 2 amide bonds. The van der Waals surface area contributed by atoms with E-state index in [1.54, 1.807) is 0 Å². The predicted octanol–water partition coefficient (Wildman–Crippen LogP) is 1.97. The van der Waals surface area contributed by atoms with Gasteiger partial charge < -0.3 is 16.4 Å². The molecule has 4 heteroatoms. The molecule has 0 unspecified atom stereocenters. The third kappa shape index (κ3) is 2.70. The highest BCUT2D eigenvalue weighted by Gasteiger charge is 2.45. The molecule has 1 aromatic rings. The van der Waals surface area contributed by atoms with Crippen LogP contribution in [0.15, 0.2) is 24.3 Å². The van der Waals surface area contributed by atoms with Gasteiger partial charge in [-0.1, -0.05) is 19.1 Å². The van der Waals surface area contributed by atoms with Crippen LogP contribution in [0.1, 0.15) is 31.7 Å². The zero-order chi connectivity index (χ0) is 12.3. The lowest BCUT2D eigenvalue weighted by molar-refractivity contribution is 0.236. The van der Waals surface area contributed by atoms with Gasteiger partial charge in [0.25, 0.3) is 0 Å². The molecule has 1 aromatic carbocycles. The Kier molecular flexibility index (Phi) is 3.22. The monoisotopic (exact) mass is 233 g/mol. The molecule has 0 aromatic heterocycles. The Morgan fingerprint density at radius 1 is 1.35 bits per heavy atom. The minimum atomic E-state index is -0.161. The van der Waals surface area contributed by atoms with Gasteiger partial charge in [-0.05, 0) is 37.0 Å². The number of hydrogen-bond acceptors (Lipinski definition) is 2. The molecular formula is C13H19N3O. The van der Waals surface area contributed by atoms with Crippen LogP contribution in [-0.4, -0.2) is 12.6 Å². The van der Waals surface area contributed by atoms with Crippen molar-refractivity contribution in [3.05, 3.63) is 29.8 Å². The summed E-state index contributed by atoms with van der Waals surface area (Å²) < 4.78 is 0. The fraction of sp³-hybridized carbons (Fsp3) is 0.462. The molecular weight excluding hydrogens is 214 g/mol. The Morgan fingerprint density at radius 3 is 2.53 bits per heavy atom. The van der Waals surface area contributed by atoms with Crippen molar-refractivity contribution in [2.24, 2.45) is 0 Å². The first-order chi connectivity index (χ1) is 8.16. The van der Waals surface area contributed by atoms with E-state index in [2.05, 4.69) is 10.6 Å². The van der Waals surface area contributed by atoms with Crippen molar-refractivity contribution in [1.82, 2.24) is 10.6 Å². The molecule has 0 saturated heterocycles. The van der Waals surface area contributed by atoms with Crippen LogP contribution in [0.4, 0.5) is 10.5 Å². The normalized spacial score (nSPS) is 16.3. The maximum Gasteiger partial charge on any atom is 0.315 e. The predicted molar refractivity (Wildman–Crippen MR) is 68.6 cm³/mol. The molecule has 0 heterocycles. The zero-order valence-corrected chi connectivity index (χ0v) is 10.1. The van der Waals surface area contributed by atoms with Crippen LogP contribution in [0.5, 0.6) is 0 Å². The maximum atomic E-state index is 11.7. The average molecular weight is 233 g/mol. The lowest BCUT2D eigenvalue weighted by Crippen LogP contribution is -2.42. The molecule has 1 aliphatic rings. The minimum absolute atomic E-state index is 0.0822. The van der Waals surface area contributed by atoms with E-state index in [4.69, 9.17) is 5.73 Å². The number of anilines is 1. The number of amides is 2. The number of urea groups is 1. The first-order valence-electron chi connectivity index (χ1n) is 6.08. The SMILES string of the molecule is CCCNC(=O)NC1(c2ccc(N)cc2)CC1. The van der Waals surface area contributed by atoms with E-state index in [1.807, 2.05) is 31.2 Å². The fourth-order valence-corrected chi connectivity index (χ4v) is 1.91. The molecule has 4 nitrogen and oxygen atoms in total. The van der Waals surface area contributed by atoms with E-state index in [1.165, 1.54) is 0 Å². The summed E-state index contributed by atoms with van der Waals surface area (Å²) >= 11 is 0. The van der Waals surface area contributed by atoms with Crippen molar-refractivity contribution in [2.75, 3.05) is 12.3 Å². The van der Waals surface area contributed by atoms with Crippen molar-refractivity contribution < 1.29 is 4.79 Å². The van der Waals surface area contributed by atoms with Gasteiger partial charge in [0.05, 0.1) is 5.54 Å². The molecule has 92 valence electrons. The summed E-state index contributed by atoms with van der Waals surface area (Å²) in [4.78, 5) is 11.7. The second kappa shape index (κ2) is 4.65. The van der Waals surface area contributed by atoms with Gasteiger partial charge >= 0.3 is 6.03 Å². The molecule has 17 heavy (non-hydrogen) atoms. The first kappa shape index (κ1) is 11.8. The van der Waals surface area contributed by atoms with Gasteiger partial charge in [-0.3, -0.25) is 0 Å². The van der Waals surface area contributed by atoms with Crippen LogP contribution < -0.4 is 16.4 Å². The number of nitrogens with one attached hydrogen (secondary N) is 2. The van der Waals surface area contributed by atoms with E-state index in [0.717, 1.165) is 30.5 Å². The standard InChI is InChI=1S/C13H19N3O/c1-2-9-15-12(17)16-13(7-8-13)10-3-5-11(14)6-4-10/h3-6H,2,7-9,14H2,1H3,(H2,15,16,17). The molecule has 4 N–H and O–H groups in total. The van der Waals surface area contributed by atoms with E-state index in [-0.39, 0.29) is 11.6 Å². The Labute approximate surface area is 102 Å². The quantitative estimate of drug-likeness (QED) is 0.696. The first-order valence-corrected chi connectivity index (χ1v) is 6.08. The van der Waals surface area contributed by atoms with E-state index in [0.29, 0.717) is 6.54 Å². The number of nitrogens with two attached hydrogens (primary N) is 1. The molecule has 1 fully saturated rings. The molecule has 0 radical (unpaired) electrons. The van der Waals surface area contributed by atoms with E-state index < -0.39 is 0 Å². The molecule has 0 spiro atoms. The Bertz CT molecular complexity index is 396. The van der Waals surface area contributed by atoms with Gasteiger partial charge in [0.1, 0.15) is 0 Å². The van der Waals surface area contributed by atoms with Crippen molar-refractivity contribution in [1.29, 1.82) is 0 Å². The third-order valence-corrected chi connectivity index (χ3v) is 3.10. The summed E-state index contributed by atoms with van der Waals surface area (Å²) in [7, 11) is 0. The Balaban J connectivity index is 2.00. The summed E-state index contributed by atoms with van der Waals surface area (Å²) in [5, 5.41) is 5.88. The Hall–Kier alpha value is -1.71. The van der Waals surface area contributed by atoms with E-state index in [9.17, 15) is 4.79 Å². The summed E-state index contributed by atoms with van der Waals surface area (Å²) in [5.41, 5.74) is 7.38. The number of hydrogen-bond donors (Lipinski definition) is 3. The van der Waals surface area contributed by atoms with Crippen molar-refractivity contribution in [2.45, 2.75) is 31.7 Å². The molecule has 2 rings (SSSR count). The van der Waals surface area contributed by atoms with Gasteiger partial charge in [-0.25, -0.2) is 4.79 Å². The van der Waals surface area contributed by atoms with Crippen LogP contribution in [0.3, 0.4) is 0 Å². The molecule has 1 aliphatic carbocycles. The van der Waals surface area contributed by atoms with Crippen LogP contribution in [0, 0.1) is 0 Å². The van der Waals surface area contributed by atoms with Gasteiger partial charge in [0, 0.05) is 12.2 Å². The second-order valence-corrected chi connectivity index (χ2v) is 4.59. The van der Waals surface area contributed by atoms with Crippen molar-refractivity contribution >= 4 is 11.7 Å². The lowest BCUT2D eigenvalue weighted by Gasteiger charge is -2.18. The van der Waals surface area contributed by atoms with Crippen LogP contribution in [-0.2, 0) is 5.54 Å². The summed E-state index contributed by atoms with van der Waals surface area (Å²) in [5.74, 6) is 0. The largest absolute Gasteiger partial charge is 0.399 e. The van der Waals surface area contributed by atoms with Crippen molar-refractivity contribution in [3.8, 4) is 0 Å². The van der Waals surface area contributed by atoms with Crippen LogP contribution in [0.2, 0.25) is 0 Å². The lowest BCUT2D eigenvalue weighted by atomic mass is 10.0. The van der Waals surface area contributed by atoms with Gasteiger partial charge in [0.2, 0.25) is 0 Å². The molecule has 0 bridgehead atoms. The average Bonchev–Trinajstić information content (AvgIpc) is 3.08. The third-order valence-electron chi connectivity index (χ3n) is 3.10. The number of carbonyl (C=O) groups is 1. The molecule has 0 aliphatic heterocycles. The van der Waals surface area contributed by atoms with Crippen molar-refractivity contribution in [3.63, 3.8) is 0 Å². The topological polar surface area (TPSA) is 67.2 Å². The fourth-order valence-electron chi connectivity index (χ4n) is 1.91. The number of rotatable bonds is 4.